The molecule has 2 rings (SSSR count). The van der Waals surface area contributed by atoms with E-state index in [0.717, 1.165) is 10.0 Å². The van der Waals surface area contributed by atoms with Crippen molar-refractivity contribution < 1.29 is 14.3 Å². The van der Waals surface area contributed by atoms with Gasteiger partial charge in [-0.25, -0.2) is 0 Å². The molecular weight excluding hydrogens is 442 g/mol. The summed E-state index contributed by atoms with van der Waals surface area (Å²) in [4.78, 5) is 23.7. The Labute approximate surface area is 169 Å². The van der Waals surface area contributed by atoms with Crippen molar-refractivity contribution in [1.82, 2.24) is 16.2 Å². The van der Waals surface area contributed by atoms with Crippen molar-refractivity contribution in [3.8, 4) is 5.75 Å². The van der Waals surface area contributed by atoms with Gasteiger partial charge in [0, 0.05) is 15.1 Å². The minimum atomic E-state index is -0.455. The Bertz CT molecular complexity index is 831. The molecule has 2 aromatic carbocycles. The molecule has 0 aliphatic heterocycles. The fourth-order valence-electron chi connectivity index (χ4n) is 1.84. The lowest BCUT2D eigenvalue weighted by molar-refractivity contribution is -0.121. The fourth-order valence-corrected chi connectivity index (χ4v) is 2.37. The Morgan fingerprint density at radius 2 is 1.85 bits per heavy atom. The van der Waals surface area contributed by atoms with E-state index in [1.165, 1.54) is 0 Å². The number of carbonyl (C=O) groups is 2. The number of nitrogens with one attached hydrogen (secondary N) is 3. The molecular formula is C17H15BrClN3O3S. The van der Waals surface area contributed by atoms with Gasteiger partial charge in [0.15, 0.2) is 11.7 Å². The minimum absolute atomic E-state index is 0.0482. The van der Waals surface area contributed by atoms with Gasteiger partial charge < -0.3 is 4.74 Å². The van der Waals surface area contributed by atoms with E-state index in [9.17, 15) is 9.59 Å². The first-order valence-corrected chi connectivity index (χ1v) is 8.98. The van der Waals surface area contributed by atoms with Gasteiger partial charge >= 0.3 is 0 Å². The van der Waals surface area contributed by atoms with Gasteiger partial charge in [0.25, 0.3) is 11.8 Å². The number of rotatable bonds is 4. The van der Waals surface area contributed by atoms with Crippen LogP contribution in [-0.2, 0) is 4.79 Å². The minimum Gasteiger partial charge on any atom is -0.484 e. The van der Waals surface area contributed by atoms with Crippen LogP contribution in [-0.4, -0.2) is 23.5 Å². The summed E-state index contributed by atoms with van der Waals surface area (Å²) in [6, 6.07) is 11.7. The van der Waals surface area contributed by atoms with Crippen LogP contribution < -0.4 is 20.9 Å². The number of hydrazine groups is 1. The van der Waals surface area contributed by atoms with Crippen LogP contribution in [0, 0.1) is 6.92 Å². The summed E-state index contributed by atoms with van der Waals surface area (Å²) in [5, 5.41) is 2.88. The highest BCUT2D eigenvalue weighted by atomic mass is 79.9. The molecule has 9 heteroatoms. The standard InChI is InChI=1S/C17H15BrClN3O3S/c1-10-8-13(6-7-14(10)18)25-9-15(23)20-17(26)22-21-16(24)11-2-4-12(19)5-3-11/h2-8H,9H2,1H3,(H,21,24)(H2,20,22,23,26). The number of hydrogen-bond acceptors (Lipinski definition) is 4. The summed E-state index contributed by atoms with van der Waals surface area (Å²) in [5.74, 6) is -0.306. The van der Waals surface area contributed by atoms with E-state index < -0.39 is 11.8 Å². The molecule has 0 aliphatic carbocycles. The summed E-state index contributed by atoms with van der Waals surface area (Å²) < 4.78 is 6.35. The van der Waals surface area contributed by atoms with Crippen LogP contribution in [0.5, 0.6) is 5.75 Å². The molecule has 0 fully saturated rings. The third-order valence-electron chi connectivity index (χ3n) is 3.15. The van der Waals surface area contributed by atoms with Crippen LogP contribution in [0.4, 0.5) is 0 Å². The highest BCUT2D eigenvalue weighted by Crippen LogP contribution is 2.21. The normalized spacial score (nSPS) is 9.96. The van der Waals surface area contributed by atoms with E-state index >= 15 is 0 Å². The van der Waals surface area contributed by atoms with Crippen molar-refractivity contribution in [2.24, 2.45) is 0 Å². The summed E-state index contributed by atoms with van der Waals surface area (Å²) in [6.07, 6.45) is 0. The highest BCUT2D eigenvalue weighted by molar-refractivity contribution is 9.10. The van der Waals surface area contributed by atoms with Gasteiger partial charge in [-0.3, -0.25) is 25.8 Å². The Hall–Kier alpha value is -2.16. The molecule has 0 saturated carbocycles. The number of aryl methyl sites for hydroxylation is 1. The van der Waals surface area contributed by atoms with Gasteiger partial charge in [-0.2, -0.15) is 0 Å². The molecule has 26 heavy (non-hydrogen) atoms. The fraction of sp³-hybridized carbons (Fsp3) is 0.118. The largest absolute Gasteiger partial charge is 0.484 e. The molecule has 2 amide bonds. The van der Waals surface area contributed by atoms with Crippen LogP contribution in [0.25, 0.3) is 0 Å². The second kappa shape index (κ2) is 9.51. The number of halogens is 2. The van der Waals surface area contributed by atoms with Gasteiger partial charge in [0.05, 0.1) is 0 Å². The van der Waals surface area contributed by atoms with Gasteiger partial charge in [-0.05, 0) is 67.2 Å². The second-order valence-electron chi connectivity index (χ2n) is 5.16. The average Bonchev–Trinajstić information content (AvgIpc) is 2.61. The SMILES string of the molecule is Cc1cc(OCC(=O)NC(=S)NNC(=O)c2ccc(Cl)cc2)ccc1Br. The predicted molar refractivity (Wildman–Crippen MR) is 107 cm³/mol. The van der Waals surface area contributed by atoms with Crippen LogP contribution in [0.15, 0.2) is 46.9 Å². The van der Waals surface area contributed by atoms with Crippen molar-refractivity contribution in [2.75, 3.05) is 6.61 Å². The number of carbonyl (C=O) groups excluding carboxylic acids is 2. The third-order valence-corrected chi connectivity index (χ3v) is 4.49. The summed E-state index contributed by atoms with van der Waals surface area (Å²) in [5.41, 5.74) is 6.21. The molecule has 6 nitrogen and oxygen atoms in total. The zero-order chi connectivity index (χ0) is 19.1. The molecule has 0 bridgehead atoms. The van der Waals surface area contributed by atoms with E-state index in [-0.39, 0.29) is 11.7 Å². The monoisotopic (exact) mass is 455 g/mol. The zero-order valence-electron chi connectivity index (χ0n) is 13.6. The molecule has 3 N–H and O–H groups in total. The van der Waals surface area contributed by atoms with Gasteiger partial charge in [-0.1, -0.05) is 27.5 Å². The second-order valence-corrected chi connectivity index (χ2v) is 6.86. The average molecular weight is 457 g/mol. The van der Waals surface area contributed by atoms with Crippen LogP contribution in [0.1, 0.15) is 15.9 Å². The summed E-state index contributed by atoms with van der Waals surface area (Å²) in [7, 11) is 0. The van der Waals surface area contributed by atoms with Crippen LogP contribution in [0.2, 0.25) is 5.02 Å². The van der Waals surface area contributed by atoms with Gasteiger partial charge in [0.1, 0.15) is 5.75 Å². The molecule has 136 valence electrons. The van der Waals surface area contributed by atoms with Gasteiger partial charge in [-0.15, -0.1) is 0 Å². The highest BCUT2D eigenvalue weighted by Gasteiger charge is 2.09. The molecule has 0 aliphatic rings. The number of hydrogen-bond donors (Lipinski definition) is 3. The quantitative estimate of drug-likeness (QED) is 0.487. The molecule has 2 aromatic rings. The Balaban J connectivity index is 1.74. The van der Waals surface area contributed by atoms with E-state index in [0.29, 0.717) is 16.3 Å². The molecule has 0 saturated heterocycles. The molecule has 0 spiro atoms. The topological polar surface area (TPSA) is 79.5 Å². The van der Waals surface area contributed by atoms with E-state index in [1.54, 1.807) is 36.4 Å². The van der Waals surface area contributed by atoms with Crippen molar-refractivity contribution in [2.45, 2.75) is 6.92 Å². The maximum Gasteiger partial charge on any atom is 0.269 e. The molecule has 0 atom stereocenters. The van der Waals surface area contributed by atoms with Crippen LogP contribution >= 0.6 is 39.7 Å². The Kier molecular flexibility index (Phi) is 7.38. The lowest BCUT2D eigenvalue weighted by Crippen LogP contribution is -2.49. The van der Waals surface area contributed by atoms with Gasteiger partial charge in [0.2, 0.25) is 0 Å². The number of amides is 2. The van der Waals surface area contributed by atoms with Crippen LogP contribution in [0.3, 0.4) is 0 Å². The lowest BCUT2D eigenvalue weighted by atomic mass is 10.2. The zero-order valence-corrected chi connectivity index (χ0v) is 16.8. The first-order chi connectivity index (χ1) is 12.3. The first kappa shape index (κ1) is 20.2. The number of ether oxygens (including phenoxy) is 1. The molecule has 0 radical (unpaired) electrons. The molecule has 0 aromatic heterocycles. The van der Waals surface area contributed by atoms with Crippen molar-refractivity contribution >= 4 is 56.7 Å². The summed E-state index contributed by atoms with van der Waals surface area (Å²) >= 11 is 14.1. The number of benzene rings is 2. The van der Waals surface area contributed by atoms with E-state index in [1.807, 2.05) is 13.0 Å². The van der Waals surface area contributed by atoms with Crippen molar-refractivity contribution in [1.29, 1.82) is 0 Å². The summed E-state index contributed by atoms with van der Waals surface area (Å²) in [6.45, 7) is 1.70. The smallest absolute Gasteiger partial charge is 0.269 e. The number of thiocarbonyl (C=S) groups is 1. The third kappa shape index (κ3) is 6.29. The maximum atomic E-state index is 11.9. The van der Waals surface area contributed by atoms with Crippen molar-refractivity contribution in [3.05, 3.63) is 63.1 Å². The Morgan fingerprint density at radius 1 is 1.15 bits per heavy atom. The van der Waals surface area contributed by atoms with E-state index in [4.69, 9.17) is 28.6 Å². The lowest BCUT2D eigenvalue weighted by Gasteiger charge is -2.11. The van der Waals surface area contributed by atoms with Crippen molar-refractivity contribution in [3.63, 3.8) is 0 Å². The Morgan fingerprint density at radius 3 is 2.50 bits per heavy atom. The molecule has 0 heterocycles. The predicted octanol–water partition coefficient (Wildman–Crippen LogP) is 3.13. The maximum absolute atomic E-state index is 11.9. The molecule has 0 unspecified atom stereocenters. The first-order valence-electron chi connectivity index (χ1n) is 7.40. The van der Waals surface area contributed by atoms with E-state index in [2.05, 4.69) is 32.1 Å².